The van der Waals surface area contributed by atoms with Crippen molar-refractivity contribution in [2.24, 2.45) is 17.2 Å². The van der Waals surface area contributed by atoms with E-state index in [1.165, 1.54) is 0 Å². The molecule has 12 N–H and O–H groups in total. The summed E-state index contributed by atoms with van der Waals surface area (Å²) in [4.78, 5) is 81.3. The smallest absolute Gasteiger partial charge is 0.326 e. The predicted octanol–water partition coefficient (Wildman–Crippen LogP) is -5.15. The summed E-state index contributed by atoms with van der Waals surface area (Å²) in [5.74, 6) is -7.99. The minimum Gasteiger partial charge on any atom is -0.481 e. The first-order valence-corrected chi connectivity index (χ1v) is 9.57. The molecule has 0 spiro atoms. The van der Waals surface area contributed by atoms with Crippen LogP contribution in [0.3, 0.4) is 0 Å². The third-order valence-corrected chi connectivity index (χ3v) is 4.15. The molecular formula is C17H28N6O10. The normalized spacial score (nSPS) is 14.1. The first-order chi connectivity index (χ1) is 15.3. The lowest BCUT2D eigenvalue weighted by atomic mass is 10.1. The van der Waals surface area contributed by atoms with Crippen LogP contribution in [0.5, 0.6) is 0 Å². The largest absolute Gasteiger partial charge is 0.481 e. The second-order valence-electron chi connectivity index (χ2n) is 6.92. The van der Waals surface area contributed by atoms with Gasteiger partial charge in [0, 0.05) is 12.8 Å². The second kappa shape index (κ2) is 14.3. The van der Waals surface area contributed by atoms with Crippen molar-refractivity contribution in [2.75, 3.05) is 6.61 Å². The fraction of sp³-hybridized carbons (Fsp3) is 0.588. The molecule has 0 aliphatic heterocycles. The molecule has 0 rings (SSSR count). The Morgan fingerprint density at radius 2 is 1.12 bits per heavy atom. The lowest BCUT2D eigenvalue weighted by Gasteiger charge is -2.24. The number of rotatable bonds is 16. The molecule has 33 heavy (non-hydrogen) atoms. The molecular weight excluding hydrogens is 448 g/mol. The van der Waals surface area contributed by atoms with E-state index in [1.807, 2.05) is 5.32 Å². The van der Waals surface area contributed by atoms with Crippen molar-refractivity contribution in [3.05, 3.63) is 0 Å². The van der Waals surface area contributed by atoms with E-state index in [1.54, 1.807) is 0 Å². The van der Waals surface area contributed by atoms with Gasteiger partial charge < -0.3 is 48.5 Å². The van der Waals surface area contributed by atoms with Gasteiger partial charge in [-0.2, -0.15) is 0 Å². The molecule has 0 radical (unpaired) electrons. The van der Waals surface area contributed by atoms with Crippen molar-refractivity contribution >= 4 is 41.5 Å². The zero-order chi connectivity index (χ0) is 25.7. The standard InChI is InChI=1S/C17H28N6O10/c18-7(6-24)14(29)21-8(1-3-11(19)25)15(30)23-10(5-13(27)28)16(31)22-9(17(32)33)2-4-12(20)26/h7-10,24H,1-6,18H2,(H2,19,25)(H2,20,26)(H,21,29)(H,22,31)(H,23,30)(H,27,28)(H,32,33). The van der Waals surface area contributed by atoms with Crippen molar-refractivity contribution < 1.29 is 48.9 Å². The number of nitrogens with two attached hydrogens (primary N) is 3. The predicted molar refractivity (Wildman–Crippen MR) is 108 cm³/mol. The van der Waals surface area contributed by atoms with Crippen molar-refractivity contribution in [3.63, 3.8) is 0 Å². The van der Waals surface area contributed by atoms with Crippen LogP contribution in [0.4, 0.5) is 0 Å². The Hall–Kier alpha value is -3.79. The Balaban J connectivity index is 5.53. The van der Waals surface area contributed by atoms with Crippen LogP contribution < -0.4 is 33.2 Å². The molecule has 186 valence electrons. The van der Waals surface area contributed by atoms with Crippen LogP contribution in [-0.4, -0.2) is 87.6 Å². The summed E-state index contributed by atoms with van der Waals surface area (Å²) < 4.78 is 0. The third kappa shape index (κ3) is 12.0. The lowest BCUT2D eigenvalue weighted by Crippen LogP contribution is -2.58. The molecule has 0 saturated heterocycles. The van der Waals surface area contributed by atoms with Crippen molar-refractivity contribution in [3.8, 4) is 0 Å². The molecule has 0 aromatic heterocycles. The number of amides is 5. The number of aliphatic hydroxyl groups excluding tert-OH is 1. The summed E-state index contributed by atoms with van der Waals surface area (Å²) >= 11 is 0. The zero-order valence-corrected chi connectivity index (χ0v) is 17.5. The van der Waals surface area contributed by atoms with Gasteiger partial charge in [0.25, 0.3) is 0 Å². The van der Waals surface area contributed by atoms with Gasteiger partial charge in [-0.25, -0.2) is 4.79 Å². The maximum absolute atomic E-state index is 12.6. The number of nitrogens with one attached hydrogen (secondary N) is 3. The van der Waals surface area contributed by atoms with E-state index in [-0.39, 0.29) is 25.7 Å². The van der Waals surface area contributed by atoms with Crippen LogP contribution >= 0.6 is 0 Å². The van der Waals surface area contributed by atoms with E-state index in [9.17, 15) is 38.7 Å². The second-order valence-corrected chi connectivity index (χ2v) is 6.92. The fourth-order valence-electron chi connectivity index (χ4n) is 2.39. The summed E-state index contributed by atoms with van der Waals surface area (Å²) in [6, 6.07) is -6.29. The summed E-state index contributed by atoms with van der Waals surface area (Å²) in [6.07, 6.45) is -2.47. The Labute approximate surface area is 187 Å². The first-order valence-electron chi connectivity index (χ1n) is 9.57. The summed E-state index contributed by atoms with van der Waals surface area (Å²) in [7, 11) is 0. The molecule has 0 heterocycles. The lowest BCUT2D eigenvalue weighted by molar-refractivity contribution is -0.143. The summed E-state index contributed by atoms with van der Waals surface area (Å²) in [6.45, 7) is -0.762. The molecule has 0 bridgehead atoms. The Kier molecular flexibility index (Phi) is 12.7. The van der Waals surface area contributed by atoms with Crippen molar-refractivity contribution in [2.45, 2.75) is 56.3 Å². The van der Waals surface area contributed by atoms with Gasteiger partial charge in [-0.1, -0.05) is 0 Å². The highest BCUT2D eigenvalue weighted by molar-refractivity contribution is 5.95. The van der Waals surface area contributed by atoms with Crippen LogP contribution in [0.15, 0.2) is 0 Å². The Morgan fingerprint density at radius 1 is 0.697 bits per heavy atom. The number of carboxylic acids is 2. The van der Waals surface area contributed by atoms with Gasteiger partial charge in [0.05, 0.1) is 13.0 Å². The van der Waals surface area contributed by atoms with Crippen LogP contribution in [0, 0.1) is 0 Å². The maximum atomic E-state index is 12.6. The van der Waals surface area contributed by atoms with Crippen molar-refractivity contribution in [1.82, 2.24) is 16.0 Å². The van der Waals surface area contributed by atoms with Gasteiger partial charge >= 0.3 is 11.9 Å². The number of carboxylic acid groups (broad SMARTS) is 2. The van der Waals surface area contributed by atoms with Gasteiger partial charge in [0.1, 0.15) is 24.2 Å². The van der Waals surface area contributed by atoms with E-state index in [0.717, 1.165) is 0 Å². The van der Waals surface area contributed by atoms with Gasteiger partial charge in [0.2, 0.25) is 29.5 Å². The Bertz CT molecular complexity index is 773. The number of carbonyl (C=O) groups is 7. The number of carbonyl (C=O) groups excluding carboxylic acids is 5. The molecule has 0 aromatic rings. The van der Waals surface area contributed by atoms with Gasteiger partial charge in [0.15, 0.2) is 0 Å². The van der Waals surface area contributed by atoms with E-state index in [2.05, 4.69) is 10.6 Å². The molecule has 4 unspecified atom stereocenters. The topological polar surface area (TPSA) is 294 Å². The molecule has 16 nitrogen and oxygen atoms in total. The molecule has 0 saturated carbocycles. The minimum absolute atomic E-state index is 0.344. The van der Waals surface area contributed by atoms with Gasteiger partial charge in [-0.15, -0.1) is 0 Å². The third-order valence-electron chi connectivity index (χ3n) is 4.15. The quantitative estimate of drug-likeness (QED) is 0.101. The number of primary amides is 2. The van der Waals surface area contributed by atoms with E-state index >= 15 is 0 Å². The molecule has 0 aromatic carbocycles. The van der Waals surface area contributed by atoms with Crippen LogP contribution in [-0.2, 0) is 33.6 Å². The van der Waals surface area contributed by atoms with E-state index in [4.69, 9.17) is 27.4 Å². The molecule has 0 fully saturated rings. The number of aliphatic hydroxyl groups is 1. The first kappa shape index (κ1) is 29.2. The van der Waals surface area contributed by atoms with Crippen LogP contribution in [0.1, 0.15) is 32.1 Å². The SMILES string of the molecule is NC(=O)CCC(NC(=O)C(CC(=O)O)NC(=O)C(CCC(N)=O)NC(=O)C(N)CO)C(=O)O. The molecule has 4 atom stereocenters. The highest BCUT2D eigenvalue weighted by atomic mass is 16.4. The summed E-state index contributed by atoms with van der Waals surface area (Å²) in [5.41, 5.74) is 15.3. The van der Waals surface area contributed by atoms with Crippen LogP contribution in [0.2, 0.25) is 0 Å². The molecule has 16 heteroatoms. The molecule has 0 aliphatic rings. The van der Waals surface area contributed by atoms with E-state index in [0.29, 0.717) is 0 Å². The number of hydrogen-bond acceptors (Lipinski definition) is 9. The molecule has 5 amide bonds. The monoisotopic (exact) mass is 476 g/mol. The minimum atomic E-state index is -1.79. The summed E-state index contributed by atoms with van der Waals surface area (Å²) in [5, 5.41) is 33.4. The highest BCUT2D eigenvalue weighted by Gasteiger charge is 2.31. The fourth-order valence-corrected chi connectivity index (χ4v) is 2.39. The van der Waals surface area contributed by atoms with E-state index < -0.39 is 78.7 Å². The maximum Gasteiger partial charge on any atom is 0.326 e. The average Bonchev–Trinajstić information content (AvgIpc) is 2.71. The number of aliphatic carboxylic acids is 2. The molecule has 0 aliphatic carbocycles. The average molecular weight is 476 g/mol. The van der Waals surface area contributed by atoms with Gasteiger partial charge in [-0.05, 0) is 12.8 Å². The van der Waals surface area contributed by atoms with Crippen molar-refractivity contribution in [1.29, 1.82) is 0 Å². The number of hydrogen-bond donors (Lipinski definition) is 9. The van der Waals surface area contributed by atoms with Gasteiger partial charge in [-0.3, -0.25) is 28.8 Å². The van der Waals surface area contributed by atoms with Crippen LogP contribution in [0.25, 0.3) is 0 Å². The highest BCUT2D eigenvalue weighted by Crippen LogP contribution is 2.04. The Morgan fingerprint density at radius 3 is 1.55 bits per heavy atom. The zero-order valence-electron chi connectivity index (χ0n) is 17.5.